The normalized spacial score (nSPS) is 12.6. The van der Waals surface area contributed by atoms with E-state index in [0.717, 1.165) is 25.7 Å². The van der Waals surface area contributed by atoms with Gasteiger partial charge >= 0.3 is 0 Å². The van der Waals surface area contributed by atoms with Gasteiger partial charge in [-0.25, -0.2) is 0 Å². The predicted octanol–water partition coefficient (Wildman–Crippen LogP) is 5.73. The highest BCUT2D eigenvalue weighted by molar-refractivity contribution is 14.1. The molecule has 1 aromatic rings. The summed E-state index contributed by atoms with van der Waals surface area (Å²) >= 11 is 2.36. The smallest absolute Gasteiger partial charge is 0.0540 e. The molecule has 0 heterocycles. The predicted molar refractivity (Wildman–Crippen MR) is 96.1 cm³/mol. The van der Waals surface area contributed by atoms with Crippen molar-refractivity contribution in [2.45, 2.75) is 77.2 Å². The van der Waals surface area contributed by atoms with E-state index < -0.39 is 0 Å². The third-order valence-corrected chi connectivity index (χ3v) is 4.45. The van der Waals surface area contributed by atoms with Gasteiger partial charge in [0.05, 0.1) is 6.10 Å². The third kappa shape index (κ3) is 8.96. The van der Waals surface area contributed by atoms with Crippen LogP contribution in [0.5, 0.6) is 0 Å². The monoisotopic (exact) mass is 388 g/mol. The molecular weight excluding hydrogens is 359 g/mol. The topological polar surface area (TPSA) is 20.2 Å². The number of hydrogen-bond acceptors (Lipinski definition) is 1. The van der Waals surface area contributed by atoms with Crippen molar-refractivity contribution < 1.29 is 5.11 Å². The van der Waals surface area contributed by atoms with Crippen molar-refractivity contribution in [1.82, 2.24) is 0 Å². The fourth-order valence-corrected chi connectivity index (χ4v) is 3.14. The Morgan fingerprint density at radius 1 is 1.00 bits per heavy atom. The second-order valence-corrected chi connectivity index (χ2v) is 6.98. The molecule has 1 unspecified atom stereocenters. The van der Waals surface area contributed by atoms with Gasteiger partial charge in [-0.05, 0) is 66.0 Å². The molecule has 0 fully saturated rings. The van der Waals surface area contributed by atoms with Crippen LogP contribution in [-0.4, -0.2) is 11.2 Å². The summed E-state index contributed by atoms with van der Waals surface area (Å²) < 4.78 is 1.31. The van der Waals surface area contributed by atoms with Crippen LogP contribution in [0, 0.1) is 3.57 Å². The molecule has 0 aromatic heterocycles. The number of aliphatic hydroxyl groups is 1. The molecule has 1 N–H and O–H groups in total. The van der Waals surface area contributed by atoms with E-state index in [4.69, 9.17) is 0 Å². The third-order valence-electron chi connectivity index (χ3n) is 3.78. The summed E-state index contributed by atoms with van der Waals surface area (Å²) in [7, 11) is 0. The fraction of sp³-hybridized carbons (Fsp3) is 0.667. The van der Waals surface area contributed by atoms with Crippen molar-refractivity contribution in [1.29, 1.82) is 0 Å². The number of hydrogen-bond donors (Lipinski definition) is 1. The molecule has 20 heavy (non-hydrogen) atoms. The number of unbranched alkanes of at least 4 members (excludes halogenated alkanes) is 5. The zero-order chi connectivity index (χ0) is 14.6. The first-order valence-electron chi connectivity index (χ1n) is 8.15. The molecule has 0 saturated carbocycles. The summed E-state index contributed by atoms with van der Waals surface area (Å²) in [5.41, 5.74) is 1.42. The fourth-order valence-electron chi connectivity index (χ4n) is 2.53. The molecule has 0 aliphatic carbocycles. The minimum Gasteiger partial charge on any atom is -0.393 e. The molecule has 0 aliphatic heterocycles. The van der Waals surface area contributed by atoms with E-state index in [9.17, 15) is 5.11 Å². The van der Waals surface area contributed by atoms with Gasteiger partial charge in [0.2, 0.25) is 0 Å². The molecule has 1 aromatic carbocycles. The van der Waals surface area contributed by atoms with E-state index in [1.54, 1.807) is 0 Å². The average molecular weight is 388 g/mol. The summed E-state index contributed by atoms with van der Waals surface area (Å²) in [5, 5.41) is 9.95. The molecular formula is C18H29IO. The van der Waals surface area contributed by atoms with Crippen LogP contribution in [0.3, 0.4) is 0 Å². The lowest BCUT2D eigenvalue weighted by Crippen LogP contribution is -2.06. The Bertz CT molecular complexity index is 351. The molecule has 0 radical (unpaired) electrons. The van der Waals surface area contributed by atoms with Crippen LogP contribution >= 0.6 is 22.6 Å². The zero-order valence-corrected chi connectivity index (χ0v) is 14.9. The molecule has 1 atom stereocenters. The summed E-state index contributed by atoms with van der Waals surface area (Å²) in [6, 6.07) is 8.71. The lowest BCUT2D eigenvalue weighted by Gasteiger charge is -2.10. The first-order valence-corrected chi connectivity index (χ1v) is 9.22. The van der Waals surface area contributed by atoms with Gasteiger partial charge in [0, 0.05) is 3.57 Å². The van der Waals surface area contributed by atoms with Gasteiger partial charge in [0.15, 0.2) is 0 Å². The van der Waals surface area contributed by atoms with Crippen molar-refractivity contribution in [3.63, 3.8) is 0 Å². The number of aliphatic hydroxyl groups excluding tert-OH is 1. The van der Waals surface area contributed by atoms with Crippen molar-refractivity contribution in [2.75, 3.05) is 0 Å². The first-order chi connectivity index (χ1) is 9.72. The standard InChI is InChI=1S/C18H29IO/c1-2-3-4-5-6-13-18(20)14-8-7-10-16-11-9-12-17(19)15-16/h9,11-12,15,18,20H,2-8,10,13-14H2,1H3. The Morgan fingerprint density at radius 2 is 1.70 bits per heavy atom. The molecule has 1 rings (SSSR count). The Hall–Kier alpha value is -0.0900. The molecule has 0 bridgehead atoms. The second kappa shape index (κ2) is 11.6. The lowest BCUT2D eigenvalue weighted by atomic mass is 10.0. The number of benzene rings is 1. The molecule has 114 valence electrons. The highest BCUT2D eigenvalue weighted by atomic mass is 127. The highest BCUT2D eigenvalue weighted by Crippen LogP contribution is 2.14. The van der Waals surface area contributed by atoms with Gasteiger partial charge in [-0.2, -0.15) is 0 Å². The van der Waals surface area contributed by atoms with E-state index in [1.807, 2.05) is 0 Å². The minimum atomic E-state index is -0.0764. The van der Waals surface area contributed by atoms with Crippen molar-refractivity contribution in [2.24, 2.45) is 0 Å². The van der Waals surface area contributed by atoms with E-state index in [1.165, 1.54) is 47.7 Å². The molecule has 0 amide bonds. The summed E-state index contributed by atoms with van der Waals surface area (Å²) in [5.74, 6) is 0. The van der Waals surface area contributed by atoms with Crippen molar-refractivity contribution in [3.05, 3.63) is 33.4 Å². The van der Waals surface area contributed by atoms with Crippen LogP contribution in [0.1, 0.15) is 70.3 Å². The first kappa shape index (κ1) is 18.0. The van der Waals surface area contributed by atoms with Crippen LogP contribution in [0.2, 0.25) is 0 Å². The Labute approximate surface area is 138 Å². The molecule has 0 spiro atoms. The van der Waals surface area contributed by atoms with Crippen molar-refractivity contribution >= 4 is 22.6 Å². The maximum atomic E-state index is 9.95. The van der Waals surface area contributed by atoms with Crippen LogP contribution < -0.4 is 0 Å². The zero-order valence-electron chi connectivity index (χ0n) is 12.8. The Balaban J connectivity index is 2.00. The van der Waals surface area contributed by atoms with Gasteiger partial charge in [-0.15, -0.1) is 0 Å². The SMILES string of the molecule is CCCCCCCC(O)CCCCc1cccc(I)c1. The van der Waals surface area contributed by atoms with Gasteiger partial charge in [-0.3, -0.25) is 0 Å². The van der Waals surface area contributed by atoms with Crippen LogP contribution in [0.4, 0.5) is 0 Å². The van der Waals surface area contributed by atoms with Crippen LogP contribution in [-0.2, 0) is 6.42 Å². The molecule has 0 saturated heterocycles. The largest absolute Gasteiger partial charge is 0.393 e. The average Bonchev–Trinajstić information content (AvgIpc) is 2.43. The van der Waals surface area contributed by atoms with Gasteiger partial charge < -0.3 is 5.11 Å². The maximum absolute atomic E-state index is 9.95. The maximum Gasteiger partial charge on any atom is 0.0540 e. The summed E-state index contributed by atoms with van der Waals surface area (Å²) in [6.45, 7) is 2.24. The number of rotatable bonds is 11. The van der Waals surface area contributed by atoms with E-state index in [2.05, 4.69) is 53.8 Å². The van der Waals surface area contributed by atoms with Crippen molar-refractivity contribution in [3.8, 4) is 0 Å². The summed E-state index contributed by atoms with van der Waals surface area (Å²) in [4.78, 5) is 0. The summed E-state index contributed by atoms with van der Waals surface area (Å²) in [6.07, 6.45) is 11.8. The molecule has 2 heteroatoms. The van der Waals surface area contributed by atoms with E-state index in [0.29, 0.717) is 0 Å². The quantitative estimate of drug-likeness (QED) is 0.379. The highest BCUT2D eigenvalue weighted by Gasteiger charge is 2.04. The molecule has 1 nitrogen and oxygen atoms in total. The number of aryl methyl sites for hydroxylation is 1. The lowest BCUT2D eigenvalue weighted by molar-refractivity contribution is 0.147. The number of halogens is 1. The van der Waals surface area contributed by atoms with Crippen LogP contribution in [0.15, 0.2) is 24.3 Å². The van der Waals surface area contributed by atoms with E-state index in [-0.39, 0.29) is 6.10 Å². The Morgan fingerprint density at radius 3 is 2.40 bits per heavy atom. The van der Waals surface area contributed by atoms with Crippen LogP contribution in [0.25, 0.3) is 0 Å². The minimum absolute atomic E-state index is 0.0764. The molecule has 0 aliphatic rings. The van der Waals surface area contributed by atoms with E-state index >= 15 is 0 Å². The van der Waals surface area contributed by atoms with Gasteiger partial charge in [-0.1, -0.05) is 57.6 Å². The Kier molecular flexibility index (Phi) is 10.4. The van der Waals surface area contributed by atoms with Gasteiger partial charge in [0.25, 0.3) is 0 Å². The van der Waals surface area contributed by atoms with Gasteiger partial charge in [0.1, 0.15) is 0 Å². The second-order valence-electron chi connectivity index (χ2n) is 5.73.